The number of ketones is 1. The van der Waals surface area contributed by atoms with E-state index in [1.165, 1.54) is 0 Å². The molecular formula is C22H27N3O4. The Bertz CT molecular complexity index is 817. The van der Waals surface area contributed by atoms with Crippen molar-refractivity contribution in [1.82, 2.24) is 5.48 Å². The first-order valence-electron chi connectivity index (χ1n) is 9.69. The van der Waals surface area contributed by atoms with Crippen molar-refractivity contribution < 1.29 is 19.6 Å². The van der Waals surface area contributed by atoms with Crippen molar-refractivity contribution in [2.75, 3.05) is 17.7 Å². The lowest BCUT2D eigenvalue weighted by atomic mass is 10.0. The van der Waals surface area contributed by atoms with E-state index in [1.54, 1.807) is 41.9 Å². The van der Waals surface area contributed by atoms with Gasteiger partial charge in [0.25, 0.3) is 0 Å². The van der Waals surface area contributed by atoms with E-state index in [-0.39, 0.29) is 24.0 Å². The molecule has 2 rings (SSSR count). The van der Waals surface area contributed by atoms with Crippen molar-refractivity contribution >= 4 is 29.0 Å². The SMILES string of the molecule is CNc1ccc(C(=O)c2ccc(NC(=O)CCCCCCC(=O)NO)cc2)cc1. The van der Waals surface area contributed by atoms with Crippen LogP contribution in [0.3, 0.4) is 0 Å². The molecule has 0 aliphatic carbocycles. The maximum Gasteiger partial charge on any atom is 0.243 e. The van der Waals surface area contributed by atoms with Crippen molar-refractivity contribution in [3.05, 3.63) is 59.7 Å². The number of rotatable bonds is 11. The Balaban J connectivity index is 1.75. The van der Waals surface area contributed by atoms with Crippen LogP contribution in [0.2, 0.25) is 0 Å². The van der Waals surface area contributed by atoms with Crippen LogP contribution in [0.1, 0.15) is 54.4 Å². The van der Waals surface area contributed by atoms with Crippen LogP contribution in [0, 0.1) is 0 Å². The summed E-state index contributed by atoms with van der Waals surface area (Å²) in [4.78, 5) is 35.4. The van der Waals surface area contributed by atoms with Crippen LogP contribution in [0.4, 0.5) is 11.4 Å². The molecule has 2 aromatic rings. The highest BCUT2D eigenvalue weighted by Crippen LogP contribution is 2.16. The number of unbranched alkanes of at least 4 members (excludes halogenated alkanes) is 3. The van der Waals surface area contributed by atoms with Gasteiger partial charge in [-0.1, -0.05) is 12.8 Å². The van der Waals surface area contributed by atoms with Gasteiger partial charge >= 0.3 is 0 Å². The minimum absolute atomic E-state index is 0.0691. The molecule has 0 bridgehead atoms. The summed E-state index contributed by atoms with van der Waals surface area (Å²) in [5.74, 6) is -0.542. The molecule has 2 aromatic carbocycles. The zero-order valence-electron chi connectivity index (χ0n) is 16.5. The molecule has 29 heavy (non-hydrogen) atoms. The molecule has 2 amide bonds. The van der Waals surface area contributed by atoms with Crippen LogP contribution in [0.15, 0.2) is 48.5 Å². The first-order valence-corrected chi connectivity index (χ1v) is 9.69. The third-order valence-electron chi connectivity index (χ3n) is 4.55. The highest BCUT2D eigenvalue weighted by atomic mass is 16.5. The van der Waals surface area contributed by atoms with Crippen LogP contribution in [-0.2, 0) is 9.59 Å². The average Bonchev–Trinajstić information content (AvgIpc) is 2.76. The Labute approximate surface area is 170 Å². The van der Waals surface area contributed by atoms with Gasteiger partial charge in [-0.15, -0.1) is 0 Å². The third kappa shape index (κ3) is 7.38. The summed E-state index contributed by atoms with van der Waals surface area (Å²) in [6.45, 7) is 0. The molecule has 0 saturated heterocycles. The van der Waals surface area contributed by atoms with Gasteiger partial charge in [-0.05, 0) is 61.4 Å². The zero-order valence-corrected chi connectivity index (χ0v) is 16.5. The van der Waals surface area contributed by atoms with Gasteiger partial charge in [0.05, 0.1) is 0 Å². The predicted octanol–water partition coefficient (Wildman–Crippen LogP) is 3.74. The van der Waals surface area contributed by atoms with E-state index in [2.05, 4.69) is 10.6 Å². The molecule has 0 aliphatic rings. The largest absolute Gasteiger partial charge is 0.388 e. The number of benzene rings is 2. The Kier molecular flexibility index (Phi) is 8.85. The Hall–Kier alpha value is -3.19. The van der Waals surface area contributed by atoms with E-state index in [0.717, 1.165) is 24.9 Å². The van der Waals surface area contributed by atoms with Crippen LogP contribution in [0.5, 0.6) is 0 Å². The summed E-state index contributed by atoms with van der Waals surface area (Å²) in [5, 5.41) is 14.2. The fourth-order valence-corrected chi connectivity index (χ4v) is 2.86. The zero-order chi connectivity index (χ0) is 21.1. The summed E-state index contributed by atoms with van der Waals surface area (Å²) in [7, 11) is 1.82. The maximum atomic E-state index is 12.5. The minimum Gasteiger partial charge on any atom is -0.388 e. The van der Waals surface area contributed by atoms with Crippen molar-refractivity contribution in [2.24, 2.45) is 0 Å². The second kappa shape index (κ2) is 11.6. The van der Waals surface area contributed by atoms with E-state index in [9.17, 15) is 14.4 Å². The molecule has 7 nitrogen and oxygen atoms in total. The highest BCUT2D eigenvalue weighted by Gasteiger charge is 2.09. The Morgan fingerprint density at radius 3 is 1.69 bits per heavy atom. The van der Waals surface area contributed by atoms with Crippen LogP contribution >= 0.6 is 0 Å². The summed E-state index contributed by atoms with van der Waals surface area (Å²) in [6, 6.07) is 14.1. The van der Waals surface area contributed by atoms with Gasteiger partial charge in [0, 0.05) is 42.4 Å². The normalized spacial score (nSPS) is 10.3. The van der Waals surface area contributed by atoms with Gasteiger partial charge in [-0.2, -0.15) is 0 Å². The molecule has 0 unspecified atom stereocenters. The first kappa shape index (κ1) is 22.1. The Morgan fingerprint density at radius 2 is 1.21 bits per heavy atom. The molecule has 7 heteroatoms. The van der Waals surface area contributed by atoms with Crippen LogP contribution in [-0.4, -0.2) is 29.9 Å². The van der Waals surface area contributed by atoms with Gasteiger partial charge in [0.15, 0.2) is 5.78 Å². The number of hydroxylamine groups is 1. The smallest absolute Gasteiger partial charge is 0.243 e. The van der Waals surface area contributed by atoms with Gasteiger partial charge < -0.3 is 10.6 Å². The first-order chi connectivity index (χ1) is 14.0. The molecular weight excluding hydrogens is 370 g/mol. The number of nitrogens with one attached hydrogen (secondary N) is 3. The van der Waals surface area contributed by atoms with Gasteiger partial charge in [0.1, 0.15) is 0 Å². The highest BCUT2D eigenvalue weighted by molar-refractivity contribution is 6.09. The van der Waals surface area contributed by atoms with Crippen LogP contribution in [0.25, 0.3) is 0 Å². The molecule has 0 saturated carbocycles. The number of anilines is 2. The second-order valence-corrected chi connectivity index (χ2v) is 6.73. The van der Waals surface area contributed by atoms with Crippen molar-refractivity contribution in [3.63, 3.8) is 0 Å². The summed E-state index contributed by atoms with van der Waals surface area (Å²) < 4.78 is 0. The molecule has 0 aliphatic heterocycles. The van der Waals surface area contributed by atoms with E-state index < -0.39 is 0 Å². The average molecular weight is 397 g/mol. The summed E-state index contributed by atoms with van der Waals surface area (Å²) >= 11 is 0. The van der Waals surface area contributed by atoms with Crippen molar-refractivity contribution in [2.45, 2.75) is 38.5 Å². The fraction of sp³-hybridized carbons (Fsp3) is 0.318. The molecule has 4 N–H and O–H groups in total. The van der Waals surface area contributed by atoms with Crippen molar-refractivity contribution in [1.29, 1.82) is 0 Å². The third-order valence-corrected chi connectivity index (χ3v) is 4.55. The molecule has 0 spiro atoms. The lowest BCUT2D eigenvalue weighted by Crippen LogP contribution is -2.17. The van der Waals surface area contributed by atoms with Crippen molar-refractivity contribution in [3.8, 4) is 0 Å². The minimum atomic E-state index is -0.389. The molecule has 0 atom stereocenters. The quantitative estimate of drug-likeness (QED) is 0.200. The van der Waals surface area contributed by atoms with E-state index in [4.69, 9.17) is 5.21 Å². The monoisotopic (exact) mass is 397 g/mol. The van der Waals surface area contributed by atoms with Gasteiger partial charge in [0.2, 0.25) is 11.8 Å². The standard InChI is InChI=1S/C22H27N3O4/c1-23-18-12-8-16(9-13-18)22(28)17-10-14-19(15-11-17)24-20(26)6-4-2-3-5-7-21(27)25-29/h8-15,23,29H,2-7H2,1H3,(H,24,26)(H,25,27). The fourth-order valence-electron chi connectivity index (χ4n) is 2.86. The van der Waals surface area contributed by atoms with Crippen LogP contribution < -0.4 is 16.1 Å². The maximum absolute atomic E-state index is 12.5. The molecule has 0 radical (unpaired) electrons. The molecule has 0 aromatic heterocycles. The molecule has 0 fully saturated rings. The van der Waals surface area contributed by atoms with Gasteiger partial charge in [-0.25, -0.2) is 5.48 Å². The molecule has 0 heterocycles. The van der Waals surface area contributed by atoms with E-state index in [1.807, 2.05) is 19.2 Å². The number of amides is 2. The number of carbonyl (C=O) groups excluding carboxylic acids is 3. The second-order valence-electron chi connectivity index (χ2n) is 6.73. The Morgan fingerprint density at radius 1 is 0.724 bits per heavy atom. The summed E-state index contributed by atoms with van der Waals surface area (Å²) in [6.07, 6.45) is 3.75. The molecule has 154 valence electrons. The van der Waals surface area contributed by atoms with E-state index in [0.29, 0.717) is 29.7 Å². The summed E-state index contributed by atoms with van der Waals surface area (Å²) in [5.41, 5.74) is 4.36. The number of hydrogen-bond acceptors (Lipinski definition) is 5. The topological polar surface area (TPSA) is 108 Å². The lowest BCUT2D eigenvalue weighted by Gasteiger charge is -2.07. The number of hydrogen-bond donors (Lipinski definition) is 4. The lowest BCUT2D eigenvalue weighted by molar-refractivity contribution is -0.129. The number of carbonyl (C=O) groups is 3. The predicted molar refractivity (Wildman–Crippen MR) is 112 cm³/mol. The van der Waals surface area contributed by atoms with E-state index >= 15 is 0 Å². The van der Waals surface area contributed by atoms with Gasteiger partial charge in [-0.3, -0.25) is 19.6 Å².